The number of furan rings is 1. The predicted molar refractivity (Wildman–Crippen MR) is 89.0 cm³/mol. The Bertz CT molecular complexity index is 757. The normalized spacial score (nSPS) is 10.2. The van der Waals surface area contributed by atoms with E-state index in [4.69, 9.17) is 25.5 Å². The molecular weight excluding hydrogens is 350 g/mol. The van der Waals surface area contributed by atoms with Crippen molar-refractivity contribution in [1.29, 1.82) is 0 Å². The number of carbonyl (C=O) groups excluding carboxylic acids is 3. The fourth-order valence-corrected chi connectivity index (χ4v) is 2.17. The van der Waals surface area contributed by atoms with Crippen LogP contribution in [0.4, 0.5) is 0 Å². The molecule has 132 valence electrons. The van der Waals surface area contributed by atoms with Gasteiger partial charge < -0.3 is 19.2 Å². The summed E-state index contributed by atoms with van der Waals surface area (Å²) in [6.45, 7) is -0.339. The highest BCUT2D eigenvalue weighted by Crippen LogP contribution is 2.25. The molecule has 0 aliphatic rings. The summed E-state index contributed by atoms with van der Waals surface area (Å²) in [4.78, 5) is 35.2. The molecule has 2 aromatic rings. The van der Waals surface area contributed by atoms with Gasteiger partial charge in [-0.2, -0.15) is 0 Å². The third kappa shape index (κ3) is 5.36. The number of esters is 1. The van der Waals surface area contributed by atoms with Gasteiger partial charge >= 0.3 is 5.97 Å². The van der Waals surface area contributed by atoms with Crippen LogP contribution < -0.4 is 10.1 Å². The lowest BCUT2D eigenvalue weighted by atomic mass is 10.1. The van der Waals surface area contributed by atoms with E-state index in [1.165, 1.54) is 31.6 Å². The van der Waals surface area contributed by atoms with Crippen LogP contribution in [0.25, 0.3) is 0 Å². The second kappa shape index (κ2) is 8.89. The Kier molecular flexibility index (Phi) is 6.59. The zero-order valence-corrected chi connectivity index (χ0v) is 14.2. The van der Waals surface area contributed by atoms with E-state index >= 15 is 0 Å². The Morgan fingerprint density at radius 3 is 2.68 bits per heavy atom. The van der Waals surface area contributed by atoms with Gasteiger partial charge in [-0.1, -0.05) is 11.6 Å². The van der Waals surface area contributed by atoms with Crippen LogP contribution in [0.3, 0.4) is 0 Å². The highest BCUT2D eigenvalue weighted by atomic mass is 35.5. The minimum absolute atomic E-state index is 0.0664. The summed E-state index contributed by atoms with van der Waals surface area (Å²) in [5.41, 5.74) is 0.310. The number of methoxy groups -OCH3 is 1. The maximum Gasteiger partial charge on any atom is 0.308 e. The van der Waals surface area contributed by atoms with Gasteiger partial charge in [0.15, 0.2) is 18.2 Å². The largest absolute Gasteiger partial charge is 0.495 e. The Morgan fingerprint density at radius 1 is 1.24 bits per heavy atom. The molecule has 25 heavy (non-hydrogen) atoms. The Hall–Kier alpha value is -2.80. The molecule has 0 spiro atoms. The number of ether oxygens (including phenoxy) is 2. The summed E-state index contributed by atoms with van der Waals surface area (Å²) in [6, 6.07) is 7.62. The van der Waals surface area contributed by atoms with E-state index in [0.717, 1.165) is 0 Å². The van der Waals surface area contributed by atoms with Crippen LogP contribution >= 0.6 is 11.6 Å². The van der Waals surface area contributed by atoms with Crippen molar-refractivity contribution < 1.29 is 28.3 Å². The molecular formula is C17H16ClNO6. The minimum Gasteiger partial charge on any atom is -0.495 e. The summed E-state index contributed by atoms with van der Waals surface area (Å²) < 4.78 is 14.8. The fraction of sp³-hybridized carbons (Fsp3) is 0.235. The third-order valence-electron chi connectivity index (χ3n) is 3.20. The van der Waals surface area contributed by atoms with E-state index in [0.29, 0.717) is 16.3 Å². The average molecular weight is 366 g/mol. The number of ketones is 1. The average Bonchev–Trinajstić information content (AvgIpc) is 3.14. The van der Waals surface area contributed by atoms with Gasteiger partial charge in [-0.05, 0) is 30.3 Å². The monoisotopic (exact) mass is 365 g/mol. The van der Waals surface area contributed by atoms with Crippen molar-refractivity contribution in [2.75, 3.05) is 20.3 Å². The quantitative estimate of drug-likeness (QED) is 0.570. The SMILES string of the molecule is COc1ccc(C(=O)COC(=O)CCNC(=O)c2ccco2)cc1Cl. The van der Waals surface area contributed by atoms with Crippen LogP contribution in [0.5, 0.6) is 5.75 Å². The molecule has 1 aromatic carbocycles. The van der Waals surface area contributed by atoms with Crippen LogP contribution in [-0.4, -0.2) is 37.9 Å². The van der Waals surface area contributed by atoms with E-state index in [2.05, 4.69) is 5.32 Å². The number of hydrogen-bond donors (Lipinski definition) is 1. The molecule has 0 aliphatic heterocycles. The summed E-state index contributed by atoms with van der Waals surface area (Å²) in [5.74, 6) is -0.825. The van der Waals surface area contributed by atoms with E-state index in [1.807, 2.05) is 0 Å². The maximum atomic E-state index is 12.0. The summed E-state index contributed by atoms with van der Waals surface area (Å²) in [7, 11) is 1.47. The first kappa shape index (κ1) is 18.5. The zero-order valence-electron chi connectivity index (χ0n) is 13.4. The van der Waals surface area contributed by atoms with Crippen molar-refractivity contribution in [1.82, 2.24) is 5.32 Å². The number of carbonyl (C=O) groups is 3. The fourth-order valence-electron chi connectivity index (χ4n) is 1.91. The molecule has 8 heteroatoms. The molecule has 0 atom stereocenters. The molecule has 1 aromatic heterocycles. The topological polar surface area (TPSA) is 94.8 Å². The first-order valence-electron chi connectivity index (χ1n) is 7.35. The third-order valence-corrected chi connectivity index (χ3v) is 3.49. The number of hydrogen-bond acceptors (Lipinski definition) is 6. The molecule has 0 radical (unpaired) electrons. The molecule has 2 rings (SSSR count). The van der Waals surface area contributed by atoms with Crippen LogP contribution in [-0.2, 0) is 9.53 Å². The highest BCUT2D eigenvalue weighted by Gasteiger charge is 2.13. The van der Waals surface area contributed by atoms with Crippen molar-refractivity contribution in [3.05, 3.63) is 52.9 Å². The lowest BCUT2D eigenvalue weighted by Crippen LogP contribution is -2.26. The molecule has 1 N–H and O–H groups in total. The van der Waals surface area contributed by atoms with Crippen molar-refractivity contribution in [2.24, 2.45) is 0 Å². The van der Waals surface area contributed by atoms with Crippen LogP contribution in [0.15, 0.2) is 41.0 Å². The number of Topliss-reactive ketones (excluding diaryl/α,β-unsaturated/α-hetero) is 1. The summed E-state index contributed by atoms with van der Waals surface area (Å²) in [6.07, 6.45) is 1.31. The minimum atomic E-state index is -0.604. The second-order valence-electron chi connectivity index (χ2n) is 4.92. The predicted octanol–water partition coefficient (Wildman–Crippen LogP) is 2.49. The van der Waals surface area contributed by atoms with Gasteiger partial charge in [0.25, 0.3) is 5.91 Å². The first-order valence-corrected chi connectivity index (χ1v) is 7.73. The molecule has 0 saturated heterocycles. The smallest absolute Gasteiger partial charge is 0.308 e. The Labute approximate surface area is 148 Å². The van der Waals surface area contributed by atoms with Gasteiger partial charge in [-0.25, -0.2) is 0 Å². The zero-order chi connectivity index (χ0) is 18.2. The van der Waals surface area contributed by atoms with Crippen molar-refractivity contribution in [3.8, 4) is 5.75 Å². The number of halogens is 1. The number of rotatable bonds is 8. The number of amides is 1. The standard InChI is InChI=1S/C17H16ClNO6/c1-23-14-5-4-11(9-12(14)18)13(20)10-25-16(21)6-7-19-17(22)15-3-2-8-24-15/h2-5,8-9H,6-7,10H2,1H3,(H,19,22). The first-order chi connectivity index (χ1) is 12.0. The summed E-state index contributed by atoms with van der Waals surface area (Å²) >= 11 is 5.94. The Morgan fingerprint density at radius 2 is 2.04 bits per heavy atom. The van der Waals surface area contributed by atoms with Gasteiger partial charge in [0.1, 0.15) is 5.75 Å². The molecule has 1 amide bonds. The van der Waals surface area contributed by atoms with E-state index < -0.39 is 24.3 Å². The second-order valence-corrected chi connectivity index (χ2v) is 5.32. The van der Waals surface area contributed by atoms with E-state index in [1.54, 1.807) is 12.1 Å². The van der Waals surface area contributed by atoms with Gasteiger partial charge in [0.05, 0.1) is 24.8 Å². The van der Waals surface area contributed by atoms with Crippen molar-refractivity contribution in [3.63, 3.8) is 0 Å². The number of benzene rings is 1. The maximum absolute atomic E-state index is 12.0. The molecule has 0 bridgehead atoms. The molecule has 0 aliphatic carbocycles. The van der Waals surface area contributed by atoms with Crippen LogP contribution in [0, 0.1) is 0 Å². The lowest BCUT2D eigenvalue weighted by Gasteiger charge is -2.07. The Balaban J connectivity index is 1.73. The van der Waals surface area contributed by atoms with E-state index in [-0.39, 0.29) is 18.7 Å². The molecule has 0 unspecified atom stereocenters. The van der Waals surface area contributed by atoms with Gasteiger partial charge in [-0.15, -0.1) is 0 Å². The van der Waals surface area contributed by atoms with Crippen LogP contribution in [0.2, 0.25) is 5.02 Å². The molecule has 0 fully saturated rings. The highest BCUT2D eigenvalue weighted by molar-refractivity contribution is 6.32. The van der Waals surface area contributed by atoms with Crippen LogP contribution in [0.1, 0.15) is 27.3 Å². The van der Waals surface area contributed by atoms with E-state index in [9.17, 15) is 14.4 Å². The lowest BCUT2D eigenvalue weighted by molar-refractivity contribution is -0.142. The number of nitrogens with one attached hydrogen (secondary N) is 1. The molecule has 7 nitrogen and oxygen atoms in total. The van der Waals surface area contributed by atoms with Crippen molar-refractivity contribution in [2.45, 2.75) is 6.42 Å². The van der Waals surface area contributed by atoms with Gasteiger partial charge in [0, 0.05) is 12.1 Å². The molecule has 1 heterocycles. The van der Waals surface area contributed by atoms with Crippen molar-refractivity contribution >= 4 is 29.3 Å². The van der Waals surface area contributed by atoms with Gasteiger partial charge in [-0.3, -0.25) is 14.4 Å². The molecule has 0 saturated carbocycles. The summed E-state index contributed by atoms with van der Waals surface area (Å²) in [5, 5.41) is 2.80. The van der Waals surface area contributed by atoms with Gasteiger partial charge in [0.2, 0.25) is 0 Å².